The summed E-state index contributed by atoms with van der Waals surface area (Å²) >= 11 is 0. The molecule has 1 fully saturated rings. The van der Waals surface area contributed by atoms with Crippen molar-refractivity contribution in [3.05, 3.63) is 66.0 Å². The first-order valence-electron chi connectivity index (χ1n) is 8.98. The summed E-state index contributed by atoms with van der Waals surface area (Å²) in [6, 6.07) is 12.5. The van der Waals surface area contributed by atoms with Gasteiger partial charge in [0.15, 0.2) is 9.84 Å². The summed E-state index contributed by atoms with van der Waals surface area (Å²) in [6.07, 6.45) is 0.0522. The summed E-state index contributed by atoms with van der Waals surface area (Å²) in [5, 5.41) is 0. The minimum Gasteiger partial charge on any atom is -0.339 e. The number of halogens is 1. The van der Waals surface area contributed by atoms with Crippen molar-refractivity contribution in [2.75, 3.05) is 24.6 Å². The number of sulfone groups is 1. The molecule has 10 heteroatoms. The van der Waals surface area contributed by atoms with Crippen molar-refractivity contribution in [1.29, 1.82) is 0 Å². The molecule has 0 unspecified atom stereocenters. The highest BCUT2D eigenvalue weighted by Gasteiger charge is 2.33. The van der Waals surface area contributed by atoms with Crippen molar-refractivity contribution in [2.45, 2.75) is 17.4 Å². The van der Waals surface area contributed by atoms with Gasteiger partial charge in [-0.05, 0) is 24.1 Å². The molecule has 0 aliphatic carbocycles. The third kappa shape index (κ3) is 5.40. The van der Waals surface area contributed by atoms with E-state index in [1.807, 2.05) is 0 Å². The van der Waals surface area contributed by atoms with Gasteiger partial charge in [0, 0.05) is 13.1 Å². The van der Waals surface area contributed by atoms with E-state index in [-0.39, 0.29) is 31.0 Å². The molecule has 3 rings (SSSR count). The maximum absolute atomic E-state index is 14.0. The summed E-state index contributed by atoms with van der Waals surface area (Å²) in [7, 11) is -7.51. The molecule has 7 nitrogen and oxygen atoms in total. The fourth-order valence-corrected chi connectivity index (χ4v) is 5.57. The van der Waals surface area contributed by atoms with E-state index in [4.69, 9.17) is 0 Å². The van der Waals surface area contributed by atoms with E-state index in [0.717, 1.165) is 12.1 Å². The fraction of sp³-hybridized carbons (Fsp3) is 0.316. The van der Waals surface area contributed by atoms with Gasteiger partial charge in [-0.15, -0.1) is 0 Å². The van der Waals surface area contributed by atoms with Gasteiger partial charge in [-0.25, -0.2) is 21.2 Å². The minimum atomic E-state index is -4.31. The van der Waals surface area contributed by atoms with Gasteiger partial charge in [0.2, 0.25) is 15.9 Å². The van der Waals surface area contributed by atoms with Gasteiger partial charge in [-0.1, -0.05) is 42.5 Å². The largest absolute Gasteiger partial charge is 0.339 e. The lowest BCUT2D eigenvalue weighted by atomic mass is 10.1. The predicted molar refractivity (Wildman–Crippen MR) is 106 cm³/mol. The molecule has 0 radical (unpaired) electrons. The van der Waals surface area contributed by atoms with Crippen LogP contribution in [0, 0.1) is 5.82 Å². The van der Waals surface area contributed by atoms with Crippen molar-refractivity contribution < 1.29 is 26.0 Å². The monoisotopic (exact) mass is 440 g/mol. The van der Waals surface area contributed by atoms with Gasteiger partial charge in [0.25, 0.3) is 0 Å². The van der Waals surface area contributed by atoms with Crippen LogP contribution in [-0.4, -0.2) is 58.3 Å². The smallest absolute Gasteiger partial charge is 0.244 e. The standard InChI is InChI=1S/C19H21FN2O5S2/c20-16-8-4-5-9-18(16)29(26,27)21-17(14-15-6-2-1-3-7-15)19(23)22-10-12-28(24,25)13-11-22/h1-9,17,21H,10-14H2/t17-/m0/s1. The predicted octanol–water partition coefficient (Wildman–Crippen LogP) is 0.972. The van der Waals surface area contributed by atoms with Gasteiger partial charge >= 0.3 is 0 Å². The summed E-state index contributed by atoms with van der Waals surface area (Å²) < 4.78 is 65.1. The molecule has 1 aliphatic heterocycles. The third-order valence-corrected chi connectivity index (χ3v) is 7.77. The van der Waals surface area contributed by atoms with Crippen LogP contribution < -0.4 is 4.72 Å². The van der Waals surface area contributed by atoms with Gasteiger partial charge in [-0.3, -0.25) is 4.79 Å². The van der Waals surface area contributed by atoms with E-state index >= 15 is 0 Å². The Morgan fingerprint density at radius 1 is 1.03 bits per heavy atom. The average Bonchev–Trinajstić information content (AvgIpc) is 2.68. The summed E-state index contributed by atoms with van der Waals surface area (Å²) in [6.45, 7) is -0.0121. The zero-order valence-electron chi connectivity index (χ0n) is 15.5. The molecular weight excluding hydrogens is 419 g/mol. The number of sulfonamides is 1. The van der Waals surface area contributed by atoms with E-state index in [1.165, 1.54) is 17.0 Å². The quantitative estimate of drug-likeness (QED) is 0.722. The number of nitrogens with one attached hydrogen (secondary N) is 1. The van der Waals surface area contributed by atoms with Gasteiger partial charge in [0.05, 0.1) is 11.5 Å². The highest BCUT2D eigenvalue weighted by Crippen LogP contribution is 2.16. The average molecular weight is 441 g/mol. The molecule has 1 heterocycles. The van der Waals surface area contributed by atoms with E-state index in [0.29, 0.717) is 5.56 Å². The molecule has 1 atom stereocenters. The Morgan fingerprint density at radius 3 is 2.24 bits per heavy atom. The molecule has 0 aromatic heterocycles. The summed E-state index contributed by atoms with van der Waals surface area (Å²) in [5.74, 6) is -1.80. The number of amides is 1. The van der Waals surface area contributed by atoms with Crippen molar-refractivity contribution in [3.63, 3.8) is 0 Å². The normalized spacial score (nSPS) is 17.6. The molecule has 0 saturated carbocycles. The van der Waals surface area contributed by atoms with Crippen LogP contribution in [0.2, 0.25) is 0 Å². The van der Waals surface area contributed by atoms with Crippen LogP contribution in [0.1, 0.15) is 5.56 Å². The number of carbonyl (C=O) groups excluding carboxylic acids is 1. The second-order valence-corrected chi connectivity index (χ2v) is 10.8. The van der Waals surface area contributed by atoms with Crippen molar-refractivity contribution in [2.24, 2.45) is 0 Å². The Labute approximate surface area is 169 Å². The lowest BCUT2D eigenvalue weighted by molar-refractivity contribution is -0.132. The van der Waals surface area contributed by atoms with Crippen molar-refractivity contribution >= 4 is 25.8 Å². The summed E-state index contributed by atoms with van der Waals surface area (Å²) in [5.41, 5.74) is 0.715. The van der Waals surface area contributed by atoms with E-state index < -0.39 is 42.5 Å². The molecule has 2 aromatic carbocycles. The van der Waals surface area contributed by atoms with Gasteiger partial charge in [0.1, 0.15) is 16.8 Å². The van der Waals surface area contributed by atoms with Crippen LogP contribution in [-0.2, 0) is 31.1 Å². The molecule has 0 bridgehead atoms. The highest BCUT2D eigenvalue weighted by atomic mass is 32.2. The molecule has 29 heavy (non-hydrogen) atoms. The topological polar surface area (TPSA) is 101 Å². The van der Waals surface area contributed by atoms with E-state index in [1.54, 1.807) is 30.3 Å². The number of nitrogens with zero attached hydrogens (tertiary/aromatic N) is 1. The van der Waals surface area contributed by atoms with E-state index in [9.17, 15) is 26.0 Å². The fourth-order valence-electron chi connectivity index (χ4n) is 3.10. The number of rotatable bonds is 6. The van der Waals surface area contributed by atoms with Crippen LogP contribution in [0.4, 0.5) is 4.39 Å². The number of hydrogen-bond donors (Lipinski definition) is 1. The molecule has 1 amide bonds. The lowest BCUT2D eigenvalue weighted by Gasteiger charge is -2.30. The second-order valence-electron chi connectivity index (χ2n) is 6.77. The first-order valence-corrected chi connectivity index (χ1v) is 12.3. The van der Waals surface area contributed by atoms with Crippen LogP contribution >= 0.6 is 0 Å². The molecule has 1 saturated heterocycles. The van der Waals surface area contributed by atoms with E-state index in [2.05, 4.69) is 4.72 Å². The Kier molecular flexibility index (Phi) is 6.35. The maximum Gasteiger partial charge on any atom is 0.244 e. The van der Waals surface area contributed by atoms with Crippen LogP contribution in [0.5, 0.6) is 0 Å². The molecule has 0 spiro atoms. The second kappa shape index (κ2) is 8.60. The van der Waals surface area contributed by atoms with Crippen LogP contribution in [0.25, 0.3) is 0 Å². The van der Waals surface area contributed by atoms with Gasteiger partial charge in [-0.2, -0.15) is 4.72 Å². The Morgan fingerprint density at radius 2 is 1.62 bits per heavy atom. The lowest BCUT2D eigenvalue weighted by Crippen LogP contribution is -2.53. The first-order chi connectivity index (χ1) is 13.7. The summed E-state index contributed by atoms with van der Waals surface area (Å²) in [4.78, 5) is 13.8. The van der Waals surface area contributed by atoms with Crippen LogP contribution in [0.15, 0.2) is 59.5 Å². The van der Waals surface area contributed by atoms with Crippen molar-refractivity contribution in [1.82, 2.24) is 9.62 Å². The maximum atomic E-state index is 14.0. The molecule has 1 N–H and O–H groups in total. The van der Waals surface area contributed by atoms with Crippen LogP contribution in [0.3, 0.4) is 0 Å². The minimum absolute atomic E-state index is 0.00607. The number of carbonyl (C=O) groups is 1. The molecule has 2 aromatic rings. The first kappa shape index (κ1) is 21.4. The Bertz CT molecular complexity index is 1070. The molecule has 156 valence electrons. The number of benzene rings is 2. The molecular formula is C19H21FN2O5S2. The SMILES string of the molecule is O=C([C@H](Cc1ccccc1)NS(=O)(=O)c1ccccc1F)N1CCS(=O)(=O)CC1. The zero-order valence-corrected chi connectivity index (χ0v) is 17.1. The highest BCUT2D eigenvalue weighted by molar-refractivity contribution is 7.91. The van der Waals surface area contributed by atoms with Crippen molar-refractivity contribution in [3.8, 4) is 0 Å². The molecule has 1 aliphatic rings. The zero-order chi connectivity index (χ0) is 21.1. The Balaban J connectivity index is 1.87. The van der Waals surface area contributed by atoms with Gasteiger partial charge < -0.3 is 4.90 Å². The third-order valence-electron chi connectivity index (χ3n) is 4.66. The number of hydrogen-bond acceptors (Lipinski definition) is 5. The Hall–Kier alpha value is -2.30.